The lowest BCUT2D eigenvalue weighted by Crippen LogP contribution is -2.53. The number of methoxy groups -OCH3 is 1. The van der Waals surface area contributed by atoms with Gasteiger partial charge in [0.05, 0.1) is 19.1 Å². The maximum absolute atomic E-state index is 13.0. The van der Waals surface area contributed by atoms with Crippen molar-refractivity contribution in [1.29, 1.82) is 0 Å². The van der Waals surface area contributed by atoms with Crippen LogP contribution < -0.4 is 9.64 Å². The topological polar surface area (TPSA) is 29.5 Å². The van der Waals surface area contributed by atoms with Crippen molar-refractivity contribution in [3.63, 3.8) is 0 Å². The molecule has 25 heavy (non-hydrogen) atoms. The van der Waals surface area contributed by atoms with Crippen molar-refractivity contribution in [1.82, 2.24) is 0 Å². The van der Waals surface area contributed by atoms with Gasteiger partial charge in [0, 0.05) is 5.69 Å². The Balaban J connectivity index is 1.74. The summed E-state index contributed by atoms with van der Waals surface area (Å²) in [6, 6.07) is 27.9. The summed E-state index contributed by atoms with van der Waals surface area (Å²) in [5.41, 5.74) is 3.10. The first-order chi connectivity index (χ1) is 12.3. The molecule has 0 aromatic heterocycles. The van der Waals surface area contributed by atoms with Gasteiger partial charge in [-0.05, 0) is 35.4 Å². The molecule has 3 nitrogen and oxygen atoms in total. The highest BCUT2D eigenvalue weighted by Crippen LogP contribution is 2.48. The van der Waals surface area contributed by atoms with E-state index >= 15 is 0 Å². The van der Waals surface area contributed by atoms with Crippen molar-refractivity contribution in [3.8, 4) is 5.75 Å². The number of hydrogen-bond acceptors (Lipinski definition) is 2. The molecule has 4 rings (SSSR count). The van der Waals surface area contributed by atoms with Crippen molar-refractivity contribution in [2.45, 2.75) is 12.0 Å². The number of anilines is 1. The fourth-order valence-electron chi connectivity index (χ4n) is 3.49. The van der Waals surface area contributed by atoms with Crippen molar-refractivity contribution < 1.29 is 9.53 Å². The smallest absolute Gasteiger partial charge is 0.237 e. The van der Waals surface area contributed by atoms with Crippen molar-refractivity contribution in [2.75, 3.05) is 12.0 Å². The van der Waals surface area contributed by atoms with Gasteiger partial charge in [0.15, 0.2) is 0 Å². The SMILES string of the molecule is COc1ccc([C@@H]2C(=O)N(c3ccccc3)[C@@H]2c2ccccc2)cc1. The molecule has 1 saturated heterocycles. The molecule has 0 N–H and O–H groups in total. The zero-order valence-corrected chi connectivity index (χ0v) is 14.0. The van der Waals surface area contributed by atoms with Gasteiger partial charge in [0.1, 0.15) is 5.75 Å². The minimum absolute atomic E-state index is 0.00416. The number of benzene rings is 3. The minimum Gasteiger partial charge on any atom is -0.497 e. The molecule has 1 fully saturated rings. The predicted molar refractivity (Wildman–Crippen MR) is 98.8 cm³/mol. The largest absolute Gasteiger partial charge is 0.497 e. The third-order valence-electron chi connectivity index (χ3n) is 4.75. The highest BCUT2D eigenvalue weighted by atomic mass is 16.5. The molecule has 1 aliphatic heterocycles. The Labute approximate surface area is 147 Å². The quantitative estimate of drug-likeness (QED) is 0.656. The third-order valence-corrected chi connectivity index (χ3v) is 4.75. The zero-order chi connectivity index (χ0) is 17.2. The van der Waals surface area contributed by atoms with Crippen LogP contribution in [-0.4, -0.2) is 13.0 Å². The van der Waals surface area contributed by atoms with E-state index < -0.39 is 0 Å². The van der Waals surface area contributed by atoms with Crippen molar-refractivity contribution >= 4 is 11.6 Å². The Bertz CT molecular complexity index is 860. The summed E-state index contributed by atoms with van der Waals surface area (Å²) in [6.45, 7) is 0. The number of nitrogens with zero attached hydrogens (tertiary/aromatic N) is 1. The molecule has 124 valence electrons. The van der Waals surface area contributed by atoms with Gasteiger partial charge in [-0.15, -0.1) is 0 Å². The maximum Gasteiger partial charge on any atom is 0.237 e. The molecule has 3 aromatic carbocycles. The van der Waals surface area contributed by atoms with Crippen LogP contribution in [0, 0.1) is 0 Å². The lowest BCUT2D eigenvalue weighted by Gasteiger charge is -2.47. The van der Waals surface area contributed by atoms with Crippen LogP contribution in [0.5, 0.6) is 5.75 Å². The standard InChI is InChI=1S/C22H19NO2/c1-25-19-14-12-16(13-15-19)20-21(17-8-4-2-5-9-17)23(22(20)24)18-10-6-3-7-11-18/h2-15,20-21H,1H3/t20-,21+/m0/s1. The molecule has 3 heteroatoms. The van der Waals surface area contributed by atoms with E-state index in [1.807, 2.05) is 77.7 Å². The average Bonchev–Trinajstić information content (AvgIpc) is 2.68. The molecule has 0 aliphatic carbocycles. The second-order valence-electron chi connectivity index (χ2n) is 6.15. The van der Waals surface area contributed by atoms with E-state index in [1.54, 1.807) is 7.11 Å². The molecule has 1 amide bonds. The number of carbonyl (C=O) groups excluding carboxylic acids is 1. The fourth-order valence-corrected chi connectivity index (χ4v) is 3.49. The number of carbonyl (C=O) groups is 1. The molecule has 2 atom stereocenters. The molecular weight excluding hydrogens is 310 g/mol. The molecule has 1 heterocycles. The van der Waals surface area contributed by atoms with Crippen LogP contribution in [-0.2, 0) is 4.79 Å². The Morgan fingerprint density at radius 1 is 0.760 bits per heavy atom. The number of para-hydroxylation sites is 1. The molecular formula is C22H19NO2. The van der Waals surface area contributed by atoms with E-state index in [0.717, 1.165) is 22.6 Å². The lowest BCUT2D eigenvalue weighted by atomic mass is 9.77. The van der Waals surface area contributed by atoms with Gasteiger partial charge in [-0.1, -0.05) is 60.7 Å². The first kappa shape index (κ1) is 15.5. The average molecular weight is 329 g/mol. The monoisotopic (exact) mass is 329 g/mol. The summed E-state index contributed by atoms with van der Waals surface area (Å²) in [5.74, 6) is 0.755. The summed E-state index contributed by atoms with van der Waals surface area (Å²) < 4.78 is 5.23. The number of hydrogen-bond donors (Lipinski definition) is 0. The third kappa shape index (κ3) is 2.68. The maximum atomic E-state index is 13.0. The predicted octanol–water partition coefficient (Wildman–Crippen LogP) is 4.57. The van der Waals surface area contributed by atoms with Crippen LogP contribution in [0.3, 0.4) is 0 Å². The summed E-state index contributed by atoms with van der Waals surface area (Å²) in [6.07, 6.45) is 0. The summed E-state index contributed by atoms with van der Waals surface area (Å²) >= 11 is 0. The van der Waals surface area contributed by atoms with Crippen molar-refractivity contribution in [3.05, 3.63) is 96.1 Å². The molecule has 0 spiro atoms. The van der Waals surface area contributed by atoms with E-state index in [4.69, 9.17) is 4.74 Å². The lowest BCUT2D eigenvalue weighted by molar-refractivity contribution is -0.126. The van der Waals surface area contributed by atoms with Crippen LogP contribution in [0.2, 0.25) is 0 Å². The fraction of sp³-hybridized carbons (Fsp3) is 0.136. The van der Waals surface area contributed by atoms with Gasteiger partial charge in [0.2, 0.25) is 5.91 Å². The van der Waals surface area contributed by atoms with Crippen LogP contribution in [0.15, 0.2) is 84.9 Å². The number of rotatable bonds is 4. The van der Waals surface area contributed by atoms with E-state index in [1.165, 1.54) is 0 Å². The first-order valence-electron chi connectivity index (χ1n) is 8.36. The van der Waals surface area contributed by atoms with E-state index in [9.17, 15) is 4.79 Å². The molecule has 0 unspecified atom stereocenters. The number of ether oxygens (including phenoxy) is 1. The Kier molecular flexibility index (Phi) is 3.98. The molecule has 0 bridgehead atoms. The van der Waals surface area contributed by atoms with E-state index in [0.29, 0.717) is 0 Å². The number of amides is 1. The Morgan fingerprint density at radius 3 is 1.96 bits per heavy atom. The Hall–Kier alpha value is -3.07. The molecule has 0 radical (unpaired) electrons. The van der Waals surface area contributed by atoms with Gasteiger partial charge in [-0.2, -0.15) is 0 Å². The summed E-state index contributed by atoms with van der Waals surface area (Å²) in [7, 11) is 1.65. The highest BCUT2D eigenvalue weighted by Gasteiger charge is 2.49. The molecule has 3 aromatic rings. The second-order valence-corrected chi connectivity index (χ2v) is 6.15. The zero-order valence-electron chi connectivity index (χ0n) is 14.0. The van der Waals surface area contributed by atoms with Gasteiger partial charge in [-0.25, -0.2) is 0 Å². The molecule has 0 saturated carbocycles. The Morgan fingerprint density at radius 2 is 1.36 bits per heavy atom. The van der Waals surface area contributed by atoms with E-state index in [2.05, 4.69) is 12.1 Å². The van der Waals surface area contributed by atoms with Gasteiger partial charge in [0.25, 0.3) is 0 Å². The van der Waals surface area contributed by atoms with Crippen LogP contribution in [0.1, 0.15) is 23.1 Å². The molecule has 1 aliphatic rings. The van der Waals surface area contributed by atoms with E-state index in [-0.39, 0.29) is 17.9 Å². The summed E-state index contributed by atoms with van der Waals surface area (Å²) in [5, 5.41) is 0. The van der Waals surface area contributed by atoms with Gasteiger partial charge >= 0.3 is 0 Å². The highest BCUT2D eigenvalue weighted by molar-refractivity contribution is 6.06. The van der Waals surface area contributed by atoms with Crippen LogP contribution >= 0.6 is 0 Å². The minimum atomic E-state index is -0.173. The number of β-lactam (4-membered cyclic amide) rings is 1. The van der Waals surface area contributed by atoms with Crippen LogP contribution in [0.4, 0.5) is 5.69 Å². The van der Waals surface area contributed by atoms with Crippen molar-refractivity contribution in [2.24, 2.45) is 0 Å². The second kappa shape index (κ2) is 6.44. The van der Waals surface area contributed by atoms with Crippen LogP contribution in [0.25, 0.3) is 0 Å². The van der Waals surface area contributed by atoms with Gasteiger partial charge < -0.3 is 9.64 Å². The normalized spacial score (nSPS) is 19.4. The first-order valence-corrected chi connectivity index (χ1v) is 8.36. The van der Waals surface area contributed by atoms with Gasteiger partial charge in [-0.3, -0.25) is 4.79 Å². The summed E-state index contributed by atoms with van der Waals surface area (Å²) in [4.78, 5) is 14.9.